The minimum Gasteiger partial charge on any atom is -0.496 e. The monoisotopic (exact) mass is 374 g/mol. The van der Waals surface area contributed by atoms with E-state index in [2.05, 4.69) is 5.32 Å². The van der Waals surface area contributed by atoms with Gasteiger partial charge in [0.05, 0.1) is 20.3 Å². The number of nitrogens with one attached hydrogen (secondary N) is 1. The number of hydrogen-bond donors (Lipinski definition) is 1. The average molecular weight is 374 g/mol. The maximum Gasteiger partial charge on any atom is 0.254 e. The molecular formula is C20H23FN2O4. The number of methoxy groups -OCH3 is 1. The number of benzene rings is 2. The van der Waals surface area contributed by atoms with Gasteiger partial charge in [0.25, 0.3) is 5.91 Å². The topological polar surface area (TPSA) is 67.9 Å². The molecule has 0 aliphatic heterocycles. The lowest BCUT2D eigenvalue weighted by atomic mass is 10.1. The molecule has 0 fully saturated rings. The van der Waals surface area contributed by atoms with Crippen LogP contribution in [0.5, 0.6) is 5.75 Å². The number of hydrogen-bond acceptors (Lipinski definition) is 4. The van der Waals surface area contributed by atoms with Crippen LogP contribution in [0.3, 0.4) is 0 Å². The summed E-state index contributed by atoms with van der Waals surface area (Å²) >= 11 is 0. The van der Waals surface area contributed by atoms with Gasteiger partial charge in [-0.25, -0.2) is 4.39 Å². The minimum atomic E-state index is -0.447. The Bertz CT molecular complexity index is 810. The SMILES string of the molecule is CCOCc1cc(C(=O)N(C)CC(=O)Nc2cccc(F)c2)ccc1OC. The Hall–Kier alpha value is -2.93. The van der Waals surface area contributed by atoms with E-state index in [1.165, 1.54) is 30.1 Å². The summed E-state index contributed by atoms with van der Waals surface area (Å²) in [6, 6.07) is 10.6. The minimum absolute atomic E-state index is 0.165. The Morgan fingerprint density at radius 1 is 1.19 bits per heavy atom. The van der Waals surface area contributed by atoms with Crippen molar-refractivity contribution in [3.63, 3.8) is 0 Å². The molecule has 0 heterocycles. The smallest absolute Gasteiger partial charge is 0.254 e. The van der Waals surface area contributed by atoms with E-state index < -0.39 is 11.7 Å². The Morgan fingerprint density at radius 3 is 2.63 bits per heavy atom. The zero-order chi connectivity index (χ0) is 19.8. The van der Waals surface area contributed by atoms with Gasteiger partial charge in [-0.2, -0.15) is 0 Å². The van der Waals surface area contributed by atoms with Crippen molar-refractivity contribution in [2.45, 2.75) is 13.5 Å². The molecule has 2 aromatic rings. The molecule has 1 N–H and O–H groups in total. The summed E-state index contributed by atoms with van der Waals surface area (Å²) in [5.41, 5.74) is 1.51. The van der Waals surface area contributed by atoms with Gasteiger partial charge in [0.15, 0.2) is 0 Å². The van der Waals surface area contributed by atoms with Gasteiger partial charge < -0.3 is 19.7 Å². The van der Waals surface area contributed by atoms with Crippen LogP contribution in [-0.4, -0.2) is 44.0 Å². The van der Waals surface area contributed by atoms with Crippen LogP contribution < -0.4 is 10.1 Å². The molecule has 0 saturated carbocycles. The summed E-state index contributed by atoms with van der Waals surface area (Å²) in [6.07, 6.45) is 0. The number of likely N-dealkylation sites (N-methyl/N-ethyl adjacent to an activating group) is 1. The van der Waals surface area contributed by atoms with E-state index >= 15 is 0 Å². The van der Waals surface area contributed by atoms with Crippen molar-refractivity contribution in [2.75, 3.05) is 32.6 Å². The van der Waals surface area contributed by atoms with Crippen LogP contribution >= 0.6 is 0 Å². The van der Waals surface area contributed by atoms with E-state index in [0.29, 0.717) is 30.2 Å². The number of halogens is 1. The quantitative estimate of drug-likeness (QED) is 0.771. The summed E-state index contributed by atoms with van der Waals surface area (Å²) in [6.45, 7) is 2.58. The van der Waals surface area contributed by atoms with Gasteiger partial charge in [-0.05, 0) is 43.3 Å². The van der Waals surface area contributed by atoms with Gasteiger partial charge in [-0.3, -0.25) is 9.59 Å². The average Bonchev–Trinajstić information content (AvgIpc) is 2.65. The molecule has 0 radical (unpaired) electrons. The number of ether oxygens (including phenoxy) is 2. The number of amides is 2. The second kappa shape index (κ2) is 9.68. The summed E-state index contributed by atoms with van der Waals surface area (Å²) in [4.78, 5) is 26.0. The van der Waals surface area contributed by atoms with Crippen LogP contribution in [0.25, 0.3) is 0 Å². The second-order valence-corrected chi connectivity index (χ2v) is 5.88. The summed E-state index contributed by atoms with van der Waals surface area (Å²) in [5.74, 6) is -0.548. The van der Waals surface area contributed by atoms with Crippen molar-refractivity contribution in [2.24, 2.45) is 0 Å². The molecule has 7 heteroatoms. The van der Waals surface area contributed by atoms with E-state index in [1.807, 2.05) is 6.92 Å². The largest absolute Gasteiger partial charge is 0.496 e. The predicted molar refractivity (Wildman–Crippen MR) is 100 cm³/mol. The molecule has 0 unspecified atom stereocenters. The van der Waals surface area contributed by atoms with E-state index in [-0.39, 0.29) is 12.5 Å². The van der Waals surface area contributed by atoms with Crippen LogP contribution in [0.15, 0.2) is 42.5 Å². The van der Waals surface area contributed by atoms with Crippen molar-refractivity contribution in [3.8, 4) is 5.75 Å². The lowest BCUT2D eigenvalue weighted by Gasteiger charge is -2.18. The first-order valence-corrected chi connectivity index (χ1v) is 8.50. The van der Waals surface area contributed by atoms with Gasteiger partial charge in [0.2, 0.25) is 5.91 Å². The second-order valence-electron chi connectivity index (χ2n) is 5.88. The van der Waals surface area contributed by atoms with Crippen LogP contribution in [-0.2, 0) is 16.1 Å². The molecule has 6 nitrogen and oxygen atoms in total. The van der Waals surface area contributed by atoms with Crippen LogP contribution in [0, 0.1) is 5.82 Å². The van der Waals surface area contributed by atoms with Crippen LogP contribution in [0.2, 0.25) is 0 Å². The van der Waals surface area contributed by atoms with E-state index in [0.717, 1.165) is 5.56 Å². The zero-order valence-electron chi connectivity index (χ0n) is 15.6. The van der Waals surface area contributed by atoms with Crippen molar-refractivity contribution in [1.82, 2.24) is 4.90 Å². The normalized spacial score (nSPS) is 10.4. The molecule has 0 bridgehead atoms. The van der Waals surface area contributed by atoms with Gasteiger partial charge >= 0.3 is 0 Å². The van der Waals surface area contributed by atoms with Gasteiger partial charge in [0, 0.05) is 30.5 Å². The molecule has 0 aromatic heterocycles. The Balaban J connectivity index is 2.04. The summed E-state index contributed by atoms with van der Waals surface area (Å²) < 4.78 is 23.9. The molecule has 0 saturated heterocycles. The maximum atomic E-state index is 13.2. The van der Waals surface area contributed by atoms with E-state index in [4.69, 9.17) is 9.47 Å². The molecule has 27 heavy (non-hydrogen) atoms. The Labute approximate surface area is 157 Å². The first-order chi connectivity index (χ1) is 12.9. The number of carbonyl (C=O) groups excluding carboxylic acids is 2. The number of nitrogens with zero attached hydrogens (tertiary/aromatic N) is 1. The molecule has 0 aliphatic rings. The first-order valence-electron chi connectivity index (χ1n) is 8.50. The fraction of sp³-hybridized carbons (Fsp3) is 0.300. The van der Waals surface area contributed by atoms with Crippen molar-refractivity contribution in [3.05, 3.63) is 59.4 Å². The Kier molecular flexibility index (Phi) is 7.31. The number of anilines is 1. The highest BCUT2D eigenvalue weighted by Crippen LogP contribution is 2.21. The molecule has 2 amide bonds. The highest BCUT2D eigenvalue weighted by molar-refractivity contribution is 5.99. The molecule has 0 aliphatic carbocycles. The predicted octanol–water partition coefficient (Wildman–Crippen LogP) is 3.08. The summed E-state index contributed by atoms with van der Waals surface area (Å²) in [7, 11) is 3.08. The highest BCUT2D eigenvalue weighted by Gasteiger charge is 2.17. The zero-order valence-corrected chi connectivity index (χ0v) is 15.6. The third-order valence-corrected chi connectivity index (χ3v) is 3.82. The van der Waals surface area contributed by atoms with E-state index in [9.17, 15) is 14.0 Å². The highest BCUT2D eigenvalue weighted by atomic mass is 19.1. The third-order valence-electron chi connectivity index (χ3n) is 3.82. The standard InChI is InChI=1S/C20H23FN2O4/c1-4-27-13-15-10-14(8-9-18(15)26-3)20(25)23(2)12-19(24)22-17-7-5-6-16(21)11-17/h5-11H,4,12-13H2,1-3H3,(H,22,24). The Morgan fingerprint density at radius 2 is 1.96 bits per heavy atom. The molecule has 2 aromatic carbocycles. The lowest BCUT2D eigenvalue weighted by molar-refractivity contribution is -0.116. The van der Waals surface area contributed by atoms with Gasteiger partial charge in [-0.15, -0.1) is 0 Å². The molecule has 2 rings (SSSR count). The van der Waals surface area contributed by atoms with Crippen molar-refractivity contribution < 1.29 is 23.5 Å². The van der Waals surface area contributed by atoms with E-state index in [1.54, 1.807) is 31.4 Å². The molecule has 0 atom stereocenters. The van der Waals surface area contributed by atoms with Crippen molar-refractivity contribution in [1.29, 1.82) is 0 Å². The van der Waals surface area contributed by atoms with Gasteiger partial charge in [0.1, 0.15) is 11.6 Å². The fourth-order valence-corrected chi connectivity index (χ4v) is 2.51. The fourth-order valence-electron chi connectivity index (χ4n) is 2.51. The molecule has 144 valence electrons. The van der Waals surface area contributed by atoms with Gasteiger partial charge in [-0.1, -0.05) is 6.07 Å². The van der Waals surface area contributed by atoms with Crippen LogP contribution in [0.1, 0.15) is 22.8 Å². The molecular weight excluding hydrogens is 351 g/mol. The van der Waals surface area contributed by atoms with Crippen molar-refractivity contribution >= 4 is 17.5 Å². The first kappa shape index (κ1) is 20.4. The number of carbonyl (C=O) groups is 2. The maximum absolute atomic E-state index is 13.2. The van der Waals surface area contributed by atoms with Crippen LogP contribution in [0.4, 0.5) is 10.1 Å². The molecule has 0 spiro atoms. The number of rotatable bonds is 8. The third kappa shape index (κ3) is 5.79. The summed E-state index contributed by atoms with van der Waals surface area (Å²) in [5, 5.41) is 2.56. The lowest BCUT2D eigenvalue weighted by Crippen LogP contribution is -2.35.